The summed E-state index contributed by atoms with van der Waals surface area (Å²) in [6, 6.07) is 13.8. The summed E-state index contributed by atoms with van der Waals surface area (Å²) in [4.78, 5) is 0. The van der Waals surface area contributed by atoms with Crippen LogP contribution in [-0.2, 0) is 0 Å². The summed E-state index contributed by atoms with van der Waals surface area (Å²) >= 11 is 6.86. The van der Waals surface area contributed by atoms with Gasteiger partial charge >= 0.3 is 0 Å². The smallest absolute Gasteiger partial charge is 0.0873 e. The van der Waals surface area contributed by atoms with E-state index in [-0.39, 0.29) is 5.92 Å². The maximum Gasteiger partial charge on any atom is 0.0873 e. The highest BCUT2D eigenvalue weighted by molar-refractivity contribution is 9.10. The van der Waals surface area contributed by atoms with Crippen molar-refractivity contribution in [3.8, 4) is 0 Å². The lowest BCUT2D eigenvalue weighted by molar-refractivity contribution is 0.147. The van der Waals surface area contributed by atoms with E-state index in [1.54, 1.807) is 0 Å². The van der Waals surface area contributed by atoms with Gasteiger partial charge in [0.15, 0.2) is 0 Å². The molecule has 0 aliphatic carbocycles. The van der Waals surface area contributed by atoms with E-state index in [0.717, 1.165) is 25.6 Å². The molecule has 0 fully saturated rings. The van der Waals surface area contributed by atoms with Gasteiger partial charge in [0.2, 0.25) is 0 Å². The molecule has 0 aliphatic heterocycles. The molecule has 4 heteroatoms. The second kappa shape index (κ2) is 6.85. The predicted molar refractivity (Wildman–Crippen MR) is 89.8 cm³/mol. The Morgan fingerprint density at radius 3 is 2.20 bits per heavy atom. The normalized spacial score (nSPS) is 14.1. The minimum absolute atomic E-state index is 0.108. The summed E-state index contributed by atoms with van der Waals surface area (Å²) in [6.45, 7) is 2.40. The molecule has 2 aromatic rings. The highest BCUT2D eigenvalue weighted by atomic mass is 79.9. The first-order valence-electron chi connectivity index (χ1n) is 6.42. The number of rotatable bonds is 4. The molecule has 2 unspecified atom stereocenters. The molecule has 3 N–H and O–H groups in total. The Labute approximate surface area is 136 Å². The number of halogens is 2. The average Bonchev–Trinajstić information content (AvgIpc) is 2.41. The van der Waals surface area contributed by atoms with Gasteiger partial charge in [0.05, 0.1) is 6.10 Å². The van der Waals surface area contributed by atoms with E-state index in [1.165, 1.54) is 0 Å². The molecule has 20 heavy (non-hydrogen) atoms. The number of aliphatic hydroxyl groups excluding tert-OH is 1. The molecule has 0 aromatic heterocycles. The van der Waals surface area contributed by atoms with E-state index in [2.05, 4.69) is 31.9 Å². The Morgan fingerprint density at radius 1 is 1.05 bits per heavy atom. The van der Waals surface area contributed by atoms with Gasteiger partial charge in [0, 0.05) is 21.4 Å². The van der Waals surface area contributed by atoms with Crippen LogP contribution in [0.15, 0.2) is 51.4 Å². The van der Waals surface area contributed by atoms with Crippen molar-refractivity contribution in [3.05, 3.63) is 68.1 Å². The number of aliphatic hydroxyl groups is 1. The van der Waals surface area contributed by atoms with Gasteiger partial charge in [-0.25, -0.2) is 0 Å². The molecular formula is C16H17Br2NO. The van der Waals surface area contributed by atoms with Crippen LogP contribution in [0.2, 0.25) is 0 Å². The summed E-state index contributed by atoms with van der Waals surface area (Å²) in [5.74, 6) is -0.108. The van der Waals surface area contributed by atoms with Crippen molar-refractivity contribution in [3.63, 3.8) is 0 Å². The van der Waals surface area contributed by atoms with E-state index in [4.69, 9.17) is 5.73 Å². The maximum atomic E-state index is 10.7. The van der Waals surface area contributed by atoms with Gasteiger partial charge in [-0.15, -0.1) is 0 Å². The Balaban J connectivity index is 2.33. The van der Waals surface area contributed by atoms with Crippen molar-refractivity contribution in [1.82, 2.24) is 0 Å². The van der Waals surface area contributed by atoms with Crippen molar-refractivity contribution in [1.29, 1.82) is 0 Å². The zero-order valence-electron chi connectivity index (χ0n) is 11.2. The van der Waals surface area contributed by atoms with Crippen LogP contribution in [0, 0.1) is 6.92 Å². The van der Waals surface area contributed by atoms with Crippen LogP contribution in [0.4, 0.5) is 0 Å². The molecule has 0 saturated carbocycles. The fourth-order valence-corrected chi connectivity index (χ4v) is 3.08. The largest absolute Gasteiger partial charge is 0.388 e. The van der Waals surface area contributed by atoms with E-state index >= 15 is 0 Å². The van der Waals surface area contributed by atoms with E-state index in [9.17, 15) is 5.11 Å². The third-order valence-electron chi connectivity index (χ3n) is 3.48. The average molecular weight is 399 g/mol. The maximum absolute atomic E-state index is 10.7. The quantitative estimate of drug-likeness (QED) is 0.806. The Bertz CT molecular complexity index is 584. The zero-order valence-corrected chi connectivity index (χ0v) is 14.4. The summed E-state index contributed by atoms with van der Waals surface area (Å²) in [7, 11) is 0. The van der Waals surface area contributed by atoms with E-state index < -0.39 is 6.10 Å². The Hall–Kier alpha value is -0.680. The molecule has 0 radical (unpaired) electrons. The van der Waals surface area contributed by atoms with Crippen molar-refractivity contribution in [2.45, 2.75) is 18.9 Å². The first kappa shape index (κ1) is 15.7. The highest BCUT2D eigenvalue weighted by Gasteiger charge is 2.22. The first-order valence-corrected chi connectivity index (χ1v) is 8.01. The molecule has 2 rings (SSSR count). The number of benzene rings is 2. The minimum atomic E-state index is -0.603. The fraction of sp³-hybridized carbons (Fsp3) is 0.250. The van der Waals surface area contributed by atoms with Crippen LogP contribution in [0.5, 0.6) is 0 Å². The molecule has 0 saturated heterocycles. The van der Waals surface area contributed by atoms with Crippen molar-refractivity contribution in [2.24, 2.45) is 5.73 Å². The number of hydrogen-bond donors (Lipinski definition) is 2. The van der Waals surface area contributed by atoms with Gasteiger partial charge in [0.1, 0.15) is 0 Å². The standard InChI is InChI=1S/C16H17Br2NO/c1-10-8-13(18)6-7-14(10)16(20)15(9-19)11-2-4-12(17)5-3-11/h2-8,15-16,20H,9,19H2,1H3. The second-order valence-electron chi connectivity index (χ2n) is 4.84. The summed E-state index contributed by atoms with van der Waals surface area (Å²) in [5.41, 5.74) is 8.91. The van der Waals surface area contributed by atoms with Gasteiger partial charge in [-0.3, -0.25) is 0 Å². The Kier molecular flexibility index (Phi) is 5.38. The molecule has 2 nitrogen and oxygen atoms in total. The monoisotopic (exact) mass is 397 g/mol. The van der Waals surface area contributed by atoms with Gasteiger partial charge in [0.25, 0.3) is 0 Å². The van der Waals surface area contributed by atoms with E-state index in [0.29, 0.717) is 6.54 Å². The number of nitrogens with two attached hydrogens (primary N) is 1. The highest BCUT2D eigenvalue weighted by Crippen LogP contribution is 2.33. The second-order valence-corrected chi connectivity index (χ2v) is 6.67. The third-order valence-corrected chi connectivity index (χ3v) is 4.51. The molecule has 0 amide bonds. The molecule has 0 bridgehead atoms. The number of aryl methyl sites for hydroxylation is 1. The topological polar surface area (TPSA) is 46.2 Å². The van der Waals surface area contributed by atoms with Gasteiger partial charge in [-0.05, 0) is 47.9 Å². The molecule has 0 spiro atoms. The molecular weight excluding hydrogens is 382 g/mol. The number of hydrogen-bond acceptors (Lipinski definition) is 2. The lowest BCUT2D eigenvalue weighted by atomic mass is 9.87. The minimum Gasteiger partial charge on any atom is -0.388 e. The molecule has 0 aliphatic rings. The van der Waals surface area contributed by atoms with Crippen LogP contribution in [0.1, 0.15) is 28.7 Å². The lowest BCUT2D eigenvalue weighted by Gasteiger charge is -2.24. The first-order chi connectivity index (χ1) is 9.52. The molecule has 2 atom stereocenters. The van der Waals surface area contributed by atoms with Crippen LogP contribution in [-0.4, -0.2) is 11.7 Å². The van der Waals surface area contributed by atoms with Crippen molar-refractivity contribution in [2.75, 3.05) is 6.54 Å². The van der Waals surface area contributed by atoms with Crippen LogP contribution in [0.25, 0.3) is 0 Å². The van der Waals surface area contributed by atoms with E-state index in [1.807, 2.05) is 49.4 Å². The third kappa shape index (κ3) is 3.50. The molecule has 2 aromatic carbocycles. The SMILES string of the molecule is Cc1cc(Br)ccc1C(O)C(CN)c1ccc(Br)cc1. The molecule has 0 heterocycles. The summed E-state index contributed by atoms with van der Waals surface area (Å²) in [5, 5.41) is 10.7. The lowest BCUT2D eigenvalue weighted by Crippen LogP contribution is -2.20. The summed E-state index contributed by atoms with van der Waals surface area (Å²) < 4.78 is 2.03. The van der Waals surface area contributed by atoms with Crippen molar-refractivity contribution >= 4 is 31.9 Å². The van der Waals surface area contributed by atoms with Crippen LogP contribution in [0.3, 0.4) is 0 Å². The van der Waals surface area contributed by atoms with Crippen molar-refractivity contribution < 1.29 is 5.11 Å². The zero-order chi connectivity index (χ0) is 14.7. The van der Waals surface area contributed by atoms with Gasteiger partial charge < -0.3 is 10.8 Å². The molecule has 106 valence electrons. The fourth-order valence-electron chi connectivity index (χ4n) is 2.34. The van der Waals surface area contributed by atoms with Gasteiger partial charge in [-0.2, -0.15) is 0 Å². The summed E-state index contributed by atoms with van der Waals surface area (Å²) in [6.07, 6.45) is -0.603. The predicted octanol–water partition coefficient (Wildman–Crippen LogP) is 4.30. The van der Waals surface area contributed by atoms with Gasteiger partial charge in [-0.1, -0.05) is 50.1 Å². The van der Waals surface area contributed by atoms with Crippen LogP contribution < -0.4 is 5.73 Å². The van der Waals surface area contributed by atoms with Crippen LogP contribution >= 0.6 is 31.9 Å². The Morgan fingerprint density at radius 2 is 1.65 bits per heavy atom.